The summed E-state index contributed by atoms with van der Waals surface area (Å²) in [5.74, 6) is -2.30. The van der Waals surface area contributed by atoms with Crippen molar-refractivity contribution in [3.8, 4) is 0 Å². The van der Waals surface area contributed by atoms with E-state index in [4.69, 9.17) is 28.8 Å². The maximum Gasteiger partial charge on any atom is 0.191 e. The number of aliphatic hydroxyl groups is 2. The lowest BCUT2D eigenvalue weighted by Gasteiger charge is -2.46. The molecule has 11 atom stereocenters. The Kier molecular flexibility index (Phi) is 8.65. The van der Waals surface area contributed by atoms with Crippen LogP contribution in [0, 0.1) is 17.8 Å². The number of hydrogen-bond acceptors (Lipinski definition) is 7. The zero-order chi connectivity index (χ0) is 27.1. The second kappa shape index (κ2) is 11.4. The number of halogens is 1. The third-order valence-corrected chi connectivity index (χ3v) is 9.73. The molecule has 5 heterocycles. The van der Waals surface area contributed by atoms with Gasteiger partial charge in [-0.05, 0) is 44.1 Å². The first-order valence-corrected chi connectivity index (χ1v) is 15.3. The van der Waals surface area contributed by atoms with Gasteiger partial charge in [0.05, 0.1) is 30.5 Å². The van der Waals surface area contributed by atoms with E-state index in [-0.39, 0.29) is 54.9 Å². The van der Waals surface area contributed by atoms with Crippen LogP contribution < -0.4 is 0 Å². The van der Waals surface area contributed by atoms with E-state index in [0.717, 1.165) is 49.4 Å². The molecule has 8 heteroatoms. The average molecular weight is 598 g/mol. The minimum Gasteiger partial charge on any atom is -0.396 e. The van der Waals surface area contributed by atoms with Crippen molar-refractivity contribution in [2.24, 2.45) is 17.8 Å². The van der Waals surface area contributed by atoms with Crippen LogP contribution in [0.25, 0.3) is 0 Å². The summed E-state index contributed by atoms with van der Waals surface area (Å²) in [5.41, 5.74) is 0. The Bertz CT molecular complexity index is 924. The third-order valence-electron chi connectivity index (χ3n) is 9.27. The molecule has 5 aliphatic heterocycles. The van der Waals surface area contributed by atoms with Crippen LogP contribution in [0.15, 0.2) is 35.4 Å². The quantitative estimate of drug-likeness (QED) is 0.296. The van der Waals surface area contributed by atoms with Crippen molar-refractivity contribution in [2.75, 3.05) is 6.61 Å². The van der Waals surface area contributed by atoms with Crippen LogP contribution in [-0.4, -0.2) is 64.7 Å². The summed E-state index contributed by atoms with van der Waals surface area (Å²) in [7, 11) is 0. The van der Waals surface area contributed by atoms with Crippen molar-refractivity contribution in [3.63, 3.8) is 0 Å². The highest BCUT2D eigenvalue weighted by Crippen LogP contribution is 2.53. The molecule has 7 nitrogen and oxygen atoms in total. The smallest absolute Gasteiger partial charge is 0.191 e. The lowest BCUT2D eigenvalue weighted by molar-refractivity contribution is -0.355. The molecule has 0 radical (unpaired) electrons. The molecule has 0 aromatic carbocycles. The lowest BCUT2D eigenvalue weighted by atomic mass is 9.81. The Hall–Kier alpha value is -0.580. The molecule has 4 fully saturated rings. The highest BCUT2D eigenvalue weighted by molar-refractivity contribution is 9.11. The van der Waals surface area contributed by atoms with Gasteiger partial charge in [-0.25, -0.2) is 0 Å². The van der Waals surface area contributed by atoms with E-state index in [0.29, 0.717) is 12.8 Å². The van der Waals surface area contributed by atoms with E-state index >= 15 is 0 Å². The van der Waals surface area contributed by atoms with Gasteiger partial charge in [0.25, 0.3) is 0 Å². The van der Waals surface area contributed by atoms with Gasteiger partial charge in [0.2, 0.25) is 0 Å². The van der Waals surface area contributed by atoms with Crippen LogP contribution in [0.1, 0.15) is 78.6 Å². The minimum atomic E-state index is -1.26. The van der Waals surface area contributed by atoms with Crippen molar-refractivity contribution in [3.05, 3.63) is 35.4 Å². The Morgan fingerprint density at radius 3 is 2.66 bits per heavy atom. The molecule has 2 N–H and O–H groups in total. The maximum atomic E-state index is 11.5. The number of ether oxygens (including phenoxy) is 5. The first-order valence-electron chi connectivity index (χ1n) is 14.5. The molecule has 0 aromatic heterocycles. The SMILES string of the molecule is C=C(Br)[C@H]1O[C@@](O)(C[C@@H]2C[C@H]3O[C@@]4(CC[C@]5(C=CC[C@@H](/C=C/CCCO)O5)O4)[C@H](C)C[C@H]3O2)[C@H](C)C[C@@H]1C. The first-order chi connectivity index (χ1) is 18.1. The van der Waals surface area contributed by atoms with Gasteiger partial charge in [-0.15, -0.1) is 0 Å². The Morgan fingerprint density at radius 2 is 1.89 bits per heavy atom. The number of hydrogen-bond donors (Lipinski definition) is 2. The van der Waals surface area contributed by atoms with Crippen LogP contribution in [0.5, 0.6) is 0 Å². The monoisotopic (exact) mass is 596 g/mol. The van der Waals surface area contributed by atoms with E-state index in [1.807, 2.05) is 0 Å². The second-order valence-electron chi connectivity index (χ2n) is 12.3. The minimum absolute atomic E-state index is 0.00286. The van der Waals surface area contributed by atoms with E-state index in [9.17, 15) is 5.11 Å². The number of aliphatic hydroxyl groups excluding tert-OH is 1. The first kappa shape index (κ1) is 28.9. The standard InChI is InChI=1S/C30H45BrO7/c1-19-15-20(2)29(33,37-27(19)22(4)31)18-24-17-26-25(34-24)16-21(3)30(36-26)13-12-28(38-30)11-8-10-23(35-28)9-6-5-7-14-32/h6,8-9,11,19-21,23-27,32-33H,4-5,7,10,12-18H2,1-3H3/b9-6+/t19-,20+,21+,23+,24-,25+,26+,27-,28-,29-,30+/m0/s1. The summed E-state index contributed by atoms with van der Waals surface area (Å²) < 4.78 is 33.4. The second-order valence-corrected chi connectivity index (χ2v) is 13.3. The van der Waals surface area contributed by atoms with Gasteiger partial charge in [-0.3, -0.25) is 0 Å². The molecule has 214 valence electrons. The molecule has 0 aromatic rings. The fourth-order valence-electron chi connectivity index (χ4n) is 7.10. The van der Waals surface area contributed by atoms with Gasteiger partial charge in [0.1, 0.15) is 0 Å². The molecular formula is C30H45BrO7. The van der Waals surface area contributed by atoms with Crippen LogP contribution in [-0.2, 0) is 23.7 Å². The molecule has 0 bridgehead atoms. The third kappa shape index (κ3) is 5.75. The number of unbranched alkanes of at least 4 members (excludes halogenated alkanes) is 1. The van der Waals surface area contributed by atoms with Gasteiger partial charge >= 0.3 is 0 Å². The largest absolute Gasteiger partial charge is 0.396 e. The van der Waals surface area contributed by atoms with Gasteiger partial charge in [0.15, 0.2) is 17.4 Å². The Balaban J connectivity index is 1.22. The zero-order valence-electron chi connectivity index (χ0n) is 23.0. The maximum absolute atomic E-state index is 11.5. The predicted octanol–water partition coefficient (Wildman–Crippen LogP) is 5.49. The molecule has 0 saturated carbocycles. The molecule has 5 aliphatic rings. The lowest BCUT2D eigenvalue weighted by Crippen LogP contribution is -2.53. The van der Waals surface area contributed by atoms with Crippen molar-refractivity contribution in [2.45, 2.75) is 126 Å². The summed E-state index contributed by atoms with van der Waals surface area (Å²) in [6.45, 7) is 10.6. The topological polar surface area (TPSA) is 86.6 Å². The number of fused-ring (bicyclic) bond motifs is 1. The van der Waals surface area contributed by atoms with Gasteiger partial charge in [-0.2, -0.15) is 0 Å². The fraction of sp³-hybridized carbons (Fsp3) is 0.800. The zero-order valence-corrected chi connectivity index (χ0v) is 24.6. The molecular weight excluding hydrogens is 552 g/mol. The Labute approximate surface area is 235 Å². The summed E-state index contributed by atoms with van der Waals surface area (Å²) in [6, 6.07) is 0. The van der Waals surface area contributed by atoms with Crippen molar-refractivity contribution >= 4 is 15.9 Å². The molecule has 5 rings (SSSR count). The van der Waals surface area contributed by atoms with Gasteiger partial charge in [-0.1, -0.05) is 61.5 Å². The van der Waals surface area contributed by atoms with E-state index < -0.39 is 17.4 Å². The van der Waals surface area contributed by atoms with E-state index in [1.54, 1.807) is 0 Å². The molecule has 4 saturated heterocycles. The van der Waals surface area contributed by atoms with Crippen LogP contribution in [0.4, 0.5) is 0 Å². The van der Waals surface area contributed by atoms with E-state index in [2.05, 4.69) is 67.6 Å². The van der Waals surface area contributed by atoms with Crippen molar-refractivity contribution in [1.29, 1.82) is 0 Å². The normalized spacial score (nSPS) is 48.8. The molecule has 0 aliphatic carbocycles. The number of rotatable bonds is 7. The van der Waals surface area contributed by atoms with Crippen LogP contribution >= 0.6 is 15.9 Å². The molecule has 2 spiro atoms. The summed E-state index contributed by atoms with van der Waals surface area (Å²) >= 11 is 3.48. The van der Waals surface area contributed by atoms with Gasteiger partial charge < -0.3 is 33.9 Å². The molecule has 0 amide bonds. The Morgan fingerprint density at radius 1 is 1.08 bits per heavy atom. The summed E-state index contributed by atoms with van der Waals surface area (Å²) in [5, 5.41) is 20.6. The predicted molar refractivity (Wildman–Crippen MR) is 147 cm³/mol. The fourth-order valence-corrected chi connectivity index (χ4v) is 7.65. The average Bonchev–Trinajstić information content (AvgIpc) is 3.40. The highest BCUT2D eigenvalue weighted by atomic mass is 79.9. The van der Waals surface area contributed by atoms with Crippen LogP contribution in [0.2, 0.25) is 0 Å². The highest BCUT2D eigenvalue weighted by Gasteiger charge is 2.60. The van der Waals surface area contributed by atoms with Crippen LogP contribution in [0.3, 0.4) is 0 Å². The van der Waals surface area contributed by atoms with E-state index in [1.165, 1.54) is 0 Å². The molecule has 0 unspecified atom stereocenters. The molecule has 38 heavy (non-hydrogen) atoms. The van der Waals surface area contributed by atoms with Crippen molar-refractivity contribution < 1.29 is 33.9 Å². The van der Waals surface area contributed by atoms with Gasteiger partial charge in [0, 0.05) is 48.6 Å². The number of allylic oxidation sites excluding steroid dienone is 1. The van der Waals surface area contributed by atoms with Crippen molar-refractivity contribution in [1.82, 2.24) is 0 Å². The summed E-state index contributed by atoms with van der Waals surface area (Å²) in [6.07, 6.45) is 14.6. The summed E-state index contributed by atoms with van der Waals surface area (Å²) in [4.78, 5) is 0.